The van der Waals surface area contributed by atoms with Crippen LogP contribution in [0, 0.1) is 0 Å². The summed E-state index contributed by atoms with van der Waals surface area (Å²) in [6.45, 7) is 0. The highest BCUT2D eigenvalue weighted by atomic mass is 16.3. The molecule has 11 rings (SSSR count). The zero-order valence-electron chi connectivity index (χ0n) is 27.0. The molecule has 0 saturated heterocycles. The Morgan fingerprint density at radius 3 is 1.56 bits per heavy atom. The Hall–Kier alpha value is -6.58. The largest absolute Gasteiger partial charge is 0.456 e. The molecule has 2 aliphatic rings. The Kier molecular flexibility index (Phi) is 5.59. The smallest absolute Gasteiger partial charge is 0.160 e. The predicted octanol–water partition coefficient (Wildman–Crippen LogP) is 11.7. The average Bonchev–Trinajstić information content (AvgIpc) is 3.81. The summed E-state index contributed by atoms with van der Waals surface area (Å²) in [5.41, 5.74) is 16.5. The third kappa shape index (κ3) is 3.69. The molecule has 0 fully saturated rings. The van der Waals surface area contributed by atoms with Gasteiger partial charge in [-0.1, -0.05) is 140 Å². The van der Waals surface area contributed by atoms with E-state index in [0.717, 1.165) is 50.0 Å². The van der Waals surface area contributed by atoms with E-state index in [1.165, 1.54) is 44.5 Å². The van der Waals surface area contributed by atoms with E-state index in [9.17, 15) is 0 Å². The molecule has 2 aromatic heterocycles. The molecule has 0 atom stereocenters. The van der Waals surface area contributed by atoms with E-state index in [4.69, 9.17) is 14.4 Å². The highest BCUT2D eigenvalue weighted by molar-refractivity contribution is 6.06. The Morgan fingerprint density at radius 2 is 0.880 bits per heavy atom. The SMILES string of the molecule is c1ccc(-c2nc(-c3ccc4c(c3)C3(c5ccccc5-c5ccccc53)c3ccccc3-4)cc(-c3ccc4c(c3)oc3ccccc34)n2)cc1. The second-order valence-corrected chi connectivity index (χ2v) is 13.3. The molecule has 0 N–H and O–H groups in total. The fourth-order valence-corrected chi connectivity index (χ4v) is 8.60. The summed E-state index contributed by atoms with van der Waals surface area (Å²) in [5, 5.41) is 2.22. The first-order chi connectivity index (χ1) is 24.8. The zero-order chi connectivity index (χ0) is 32.8. The monoisotopic (exact) mass is 636 g/mol. The third-order valence-electron chi connectivity index (χ3n) is 10.7. The maximum Gasteiger partial charge on any atom is 0.160 e. The van der Waals surface area contributed by atoms with Gasteiger partial charge in [0, 0.05) is 27.5 Å². The molecule has 0 bridgehead atoms. The highest BCUT2D eigenvalue weighted by Gasteiger charge is 2.51. The number of benzene rings is 7. The Balaban J connectivity index is 1.15. The van der Waals surface area contributed by atoms with E-state index in [2.05, 4.69) is 140 Å². The molecular weight excluding hydrogens is 609 g/mol. The molecule has 9 aromatic rings. The zero-order valence-corrected chi connectivity index (χ0v) is 27.0. The van der Waals surface area contributed by atoms with Crippen molar-refractivity contribution >= 4 is 21.9 Å². The number of nitrogens with zero attached hydrogens (tertiary/aromatic N) is 2. The molecule has 2 aliphatic carbocycles. The lowest BCUT2D eigenvalue weighted by atomic mass is 9.70. The van der Waals surface area contributed by atoms with E-state index < -0.39 is 5.41 Å². The predicted molar refractivity (Wildman–Crippen MR) is 202 cm³/mol. The molecule has 232 valence electrons. The first kappa shape index (κ1) is 27.4. The number of para-hydroxylation sites is 1. The summed E-state index contributed by atoms with van der Waals surface area (Å²) in [7, 11) is 0. The van der Waals surface area contributed by atoms with Crippen molar-refractivity contribution in [3.8, 4) is 56.2 Å². The molecule has 0 amide bonds. The first-order valence-corrected chi connectivity index (χ1v) is 17.1. The lowest BCUT2D eigenvalue weighted by molar-refractivity contribution is 0.669. The van der Waals surface area contributed by atoms with Crippen LogP contribution in [-0.2, 0) is 5.41 Å². The minimum atomic E-state index is -0.417. The molecule has 3 heteroatoms. The van der Waals surface area contributed by atoms with Gasteiger partial charge in [0.2, 0.25) is 0 Å². The van der Waals surface area contributed by atoms with E-state index in [1.807, 2.05) is 30.3 Å². The Labute approximate surface area is 289 Å². The van der Waals surface area contributed by atoms with E-state index in [0.29, 0.717) is 5.82 Å². The summed E-state index contributed by atoms with van der Waals surface area (Å²) in [6.07, 6.45) is 0. The van der Waals surface area contributed by atoms with Gasteiger partial charge in [-0.2, -0.15) is 0 Å². The van der Waals surface area contributed by atoms with E-state index in [1.54, 1.807) is 0 Å². The number of hydrogen-bond acceptors (Lipinski definition) is 3. The van der Waals surface area contributed by atoms with E-state index >= 15 is 0 Å². The van der Waals surface area contributed by atoms with Gasteiger partial charge < -0.3 is 4.42 Å². The van der Waals surface area contributed by atoms with Crippen LogP contribution in [-0.4, -0.2) is 9.97 Å². The normalized spacial score (nSPS) is 13.4. The van der Waals surface area contributed by atoms with Crippen molar-refractivity contribution in [3.63, 3.8) is 0 Å². The quantitative estimate of drug-likeness (QED) is 0.194. The van der Waals surface area contributed by atoms with Gasteiger partial charge in [0.1, 0.15) is 11.2 Å². The molecule has 3 nitrogen and oxygen atoms in total. The van der Waals surface area contributed by atoms with Crippen molar-refractivity contribution in [2.24, 2.45) is 0 Å². The first-order valence-electron chi connectivity index (χ1n) is 17.1. The van der Waals surface area contributed by atoms with Crippen molar-refractivity contribution in [1.82, 2.24) is 9.97 Å². The van der Waals surface area contributed by atoms with Crippen LogP contribution in [0.1, 0.15) is 22.3 Å². The van der Waals surface area contributed by atoms with Crippen LogP contribution >= 0.6 is 0 Å². The standard InChI is InChI=1S/C47H28N2O/c1-2-12-29(13-3-1)46-48-42(28-43(49-46)31-23-25-37-36-17-7-11-21-44(36)50-45(37)27-31)30-22-24-35-34-16-6-10-20-40(34)47(41(35)26-30)38-18-8-4-14-32(38)33-15-5-9-19-39(33)47/h1-28H. The fraction of sp³-hybridized carbons (Fsp3) is 0.0213. The van der Waals surface area contributed by atoms with Crippen LogP contribution < -0.4 is 0 Å². The van der Waals surface area contributed by atoms with Crippen LogP contribution in [0.5, 0.6) is 0 Å². The van der Waals surface area contributed by atoms with Crippen molar-refractivity contribution in [1.29, 1.82) is 0 Å². The summed E-state index contributed by atoms with van der Waals surface area (Å²) in [6, 6.07) is 60.7. The second kappa shape index (κ2) is 10.2. The molecular formula is C47H28N2O. The van der Waals surface area contributed by atoms with Gasteiger partial charge in [0.05, 0.1) is 16.8 Å². The number of hydrogen-bond donors (Lipinski definition) is 0. The molecule has 0 saturated carbocycles. The van der Waals surface area contributed by atoms with Crippen LogP contribution in [0.3, 0.4) is 0 Å². The molecule has 0 aliphatic heterocycles. The van der Waals surface area contributed by atoms with Gasteiger partial charge in [0.25, 0.3) is 0 Å². The maximum absolute atomic E-state index is 6.29. The summed E-state index contributed by atoms with van der Waals surface area (Å²) in [5.74, 6) is 0.692. The number of fused-ring (bicyclic) bond motifs is 13. The maximum atomic E-state index is 6.29. The minimum Gasteiger partial charge on any atom is -0.456 e. The molecule has 0 unspecified atom stereocenters. The summed E-state index contributed by atoms with van der Waals surface area (Å²) >= 11 is 0. The van der Waals surface area contributed by atoms with Crippen molar-refractivity contribution in [2.45, 2.75) is 5.41 Å². The van der Waals surface area contributed by atoms with Crippen LogP contribution in [0.25, 0.3) is 78.1 Å². The minimum absolute atomic E-state index is 0.417. The van der Waals surface area contributed by atoms with Gasteiger partial charge in [0.15, 0.2) is 5.82 Å². The number of rotatable bonds is 3. The lowest BCUT2D eigenvalue weighted by Crippen LogP contribution is -2.25. The molecule has 50 heavy (non-hydrogen) atoms. The van der Waals surface area contributed by atoms with Crippen molar-refractivity contribution in [2.75, 3.05) is 0 Å². The van der Waals surface area contributed by atoms with Crippen LogP contribution in [0.15, 0.2) is 174 Å². The molecule has 0 radical (unpaired) electrons. The summed E-state index contributed by atoms with van der Waals surface area (Å²) in [4.78, 5) is 10.4. The Morgan fingerprint density at radius 1 is 0.360 bits per heavy atom. The average molecular weight is 637 g/mol. The van der Waals surface area contributed by atoms with Gasteiger partial charge in [-0.05, 0) is 74.8 Å². The van der Waals surface area contributed by atoms with Crippen LogP contribution in [0.2, 0.25) is 0 Å². The molecule has 2 heterocycles. The lowest BCUT2D eigenvalue weighted by Gasteiger charge is -2.30. The van der Waals surface area contributed by atoms with Gasteiger partial charge in [-0.15, -0.1) is 0 Å². The van der Waals surface area contributed by atoms with Crippen molar-refractivity contribution in [3.05, 3.63) is 192 Å². The third-order valence-corrected chi connectivity index (χ3v) is 10.7. The fourth-order valence-electron chi connectivity index (χ4n) is 8.60. The molecule has 1 spiro atoms. The number of aromatic nitrogens is 2. The van der Waals surface area contributed by atoms with Gasteiger partial charge >= 0.3 is 0 Å². The van der Waals surface area contributed by atoms with Gasteiger partial charge in [-0.25, -0.2) is 9.97 Å². The van der Waals surface area contributed by atoms with Crippen LogP contribution in [0.4, 0.5) is 0 Å². The highest BCUT2D eigenvalue weighted by Crippen LogP contribution is 2.63. The van der Waals surface area contributed by atoms with Gasteiger partial charge in [-0.3, -0.25) is 0 Å². The summed E-state index contributed by atoms with van der Waals surface area (Å²) < 4.78 is 6.29. The Bertz CT molecular complexity index is 2770. The number of furan rings is 1. The van der Waals surface area contributed by atoms with Crippen molar-refractivity contribution < 1.29 is 4.42 Å². The second-order valence-electron chi connectivity index (χ2n) is 13.3. The molecule has 7 aromatic carbocycles. The van der Waals surface area contributed by atoms with E-state index in [-0.39, 0.29) is 0 Å². The topological polar surface area (TPSA) is 38.9 Å².